The van der Waals surface area contributed by atoms with Crippen molar-refractivity contribution in [3.63, 3.8) is 0 Å². The van der Waals surface area contributed by atoms with Crippen LogP contribution >= 0.6 is 0 Å². The zero-order valence-electron chi connectivity index (χ0n) is 25.2. The van der Waals surface area contributed by atoms with E-state index < -0.39 is 14.4 Å². The van der Waals surface area contributed by atoms with Crippen LogP contribution in [-0.2, 0) is 20.4 Å². The maximum atomic E-state index is 13.1. The number of ether oxygens (including phenoxy) is 1. The minimum Gasteiger partial charge on any atom is -0.465 e. The zero-order chi connectivity index (χ0) is 28.2. The maximum absolute atomic E-state index is 13.1. The quantitative estimate of drug-likeness (QED) is 0.160. The first-order valence-corrected chi connectivity index (χ1v) is 16.4. The molecular weight excluding hydrogens is 468 g/mol. The lowest BCUT2D eigenvalue weighted by Crippen LogP contribution is -2.50. The largest absolute Gasteiger partial charge is 0.465 e. The molecule has 1 rings (SSSR count). The molecule has 0 fully saturated rings. The fourth-order valence-corrected chi connectivity index (χ4v) is 5.91. The average molecular weight is 521 g/mol. The van der Waals surface area contributed by atoms with Crippen molar-refractivity contribution in [1.82, 2.24) is 0 Å². The second kappa shape index (κ2) is 12.7. The smallest absolute Gasteiger partial charge is 0.306 e. The molecule has 1 aromatic heterocycles. The standard InChI is InChI=1S/C30H52O5Si/c1-15-19(5)27(34-25(31)17-18(3)4)22(8)29(35-36(13,14)30(10,11)12)23(9)28-21(7)26(32)20(6)24(16-2)33-28/h15,18-19,22-23,27,29H,1,16-17H2,2-14H3/t19-,22+,23+,27-,29-/m0/s1. The van der Waals surface area contributed by atoms with Crippen molar-refractivity contribution < 1.29 is 18.4 Å². The van der Waals surface area contributed by atoms with E-state index in [0.717, 1.165) is 0 Å². The summed E-state index contributed by atoms with van der Waals surface area (Å²) in [5.41, 5.74) is 1.32. The molecule has 0 saturated heterocycles. The summed E-state index contributed by atoms with van der Waals surface area (Å²) in [6.45, 7) is 30.9. The van der Waals surface area contributed by atoms with Crippen LogP contribution in [0.15, 0.2) is 21.9 Å². The van der Waals surface area contributed by atoms with Gasteiger partial charge in [0.05, 0.1) is 6.10 Å². The molecule has 5 nitrogen and oxygen atoms in total. The lowest BCUT2D eigenvalue weighted by atomic mass is 9.82. The summed E-state index contributed by atoms with van der Waals surface area (Å²) in [7, 11) is -2.23. The van der Waals surface area contributed by atoms with Crippen molar-refractivity contribution in [2.24, 2.45) is 17.8 Å². The van der Waals surface area contributed by atoms with Crippen LogP contribution in [0.1, 0.15) is 97.3 Å². The van der Waals surface area contributed by atoms with Gasteiger partial charge in [-0.25, -0.2) is 0 Å². The first-order valence-electron chi connectivity index (χ1n) is 13.5. The van der Waals surface area contributed by atoms with Crippen molar-refractivity contribution in [2.45, 2.75) is 125 Å². The molecular formula is C30H52O5Si. The van der Waals surface area contributed by atoms with Gasteiger partial charge in [-0.3, -0.25) is 9.59 Å². The molecule has 0 amide bonds. The molecule has 0 radical (unpaired) electrons. The summed E-state index contributed by atoms with van der Waals surface area (Å²) >= 11 is 0. The van der Waals surface area contributed by atoms with Crippen molar-refractivity contribution in [3.05, 3.63) is 45.5 Å². The predicted molar refractivity (Wildman–Crippen MR) is 152 cm³/mol. The summed E-state index contributed by atoms with van der Waals surface area (Å²) < 4.78 is 19.5. The lowest BCUT2D eigenvalue weighted by Gasteiger charge is -2.44. The van der Waals surface area contributed by atoms with Gasteiger partial charge in [0.25, 0.3) is 0 Å². The molecule has 1 aromatic rings. The highest BCUT2D eigenvalue weighted by atomic mass is 28.4. The number of hydrogen-bond acceptors (Lipinski definition) is 5. The SMILES string of the molecule is C=C[C@H](C)[C@H](OC(=O)CC(C)C)[C@@H](C)[C@H](O[Si](C)(C)C(C)(C)C)[C@H](C)c1oc(CC)c(C)c(=O)c1C. The summed E-state index contributed by atoms with van der Waals surface area (Å²) in [5, 5.41) is -0.0176. The Morgan fingerprint density at radius 2 is 1.61 bits per heavy atom. The maximum Gasteiger partial charge on any atom is 0.306 e. The monoisotopic (exact) mass is 520 g/mol. The van der Waals surface area contributed by atoms with Crippen molar-refractivity contribution in [1.29, 1.82) is 0 Å². The van der Waals surface area contributed by atoms with Gasteiger partial charge in [-0.2, -0.15) is 0 Å². The number of carbonyl (C=O) groups is 1. The van der Waals surface area contributed by atoms with Crippen LogP contribution in [0, 0.1) is 31.6 Å². The predicted octanol–water partition coefficient (Wildman–Crippen LogP) is 7.73. The Hall–Kier alpha value is -1.66. The molecule has 0 aromatic carbocycles. The second-order valence-corrected chi connectivity index (χ2v) is 17.2. The fraction of sp³-hybridized carbons (Fsp3) is 0.733. The summed E-state index contributed by atoms with van der Waals surface area (Å²) in [6, 6.07) is 0. The molecule has 5 atom stereocenters. The highest BCUT2D eigenvalue weighted by Gasteiger charge is 2.45. The highest BCUT2D eigenvalue weighted by molar-refractivity contribution is 6.74. The molecule has 206 valence electrons. The van der Waals surface area contributed by atoms with E-state index >= 15 is 0 Å². The topological polar surface area (TPSA) is 65.7 Å². The van der Waals surface area contributed by atoms with E-state index in [-0.39, 0.29) is 46.2 Å². The Bertz CT molecular complexity index is 953. The van der Waals surface area contributed by atoms with Crippen LogP contribution in [0.25, 0.3) is 0 Å². The summed E-state index contributed by atoms with van der Waals surface area (Å²) in [4.78, 5) is 25.8. The van der Waals surface area contributed by atoms with Gasteiger partial charge in [0.2, 0.25) is 0 Å². The molecule has 0 spiro atoms. The first-order chi connectivity index (χ1) is 16.4. The van der Waals surface area contributed by atoms with Crippen molar-refractivity contribution in [2.75, 3.05) is 0 Å². The fourth-order valence-electron chi connectivity index (χ4n) is 4.46. The van der Waals surface area contributed by atoms with Crippen LogP contribution in [0.2, 0.25) is 18.1 Å². The molecule has 36 heavy (non-hydrogen) atoms. The number of carbonyl (C=O) groups excluding carboxylic acids is 1. The molecule has 0 aliphatic heterocycles. The number of hydrogen-bond donors (Lipinski definition) is 0. The van der Waals surface area contributed by atoms with Crippen molar-refractivity contribution >= 4 is 14.3 Å². The van der Waals surface area contributed by atoms with Crippen LogP contribution in [0.4, 0.5) is 0 Å². The number of esters is 1. The lowest BCUT2D eigenvalue weighted by molar-refractivity contribution is -0.157. The molecule has 0 aliphatic rings. The van der Waals surface area contributed by atoms with E-state index in [9.17, 15) is 9.59 Å². The van der Waals surface area contributed by atoms with Gasteiger partial charge >= 0.3 is 5.97 Å². The Morgan fingerprint density at radius 1 is 1.06 bits per heavy atom. The summed E-state index contributed by atoms with van der Waals surface area (Å²) in [6.07, 6.45) is 2.12. The van der Waals surface area contributed by atoms with Gasteiger partial charge < -0.3 is 13.6 Å². The third-order valence-electron chi connectivity index (χ3n) is 7.94. The van der Waals surface area contributed by atoms with E-state index in [1.54, 1.807) is 0 Å². The normalized spacial score (nSPS) is 16.8. The van der Waals surface area contributed by atoms with Crippen LogP contribution in [-0.4, -0.2) is 26.5 Å². The Labute approximate surface area is 221 Å². The number of aryl methyl sites for hydroxylation is 1. The van der Waals surface area contributed by atoms with Crippen LogP contribution in [0.5, 0.6) is 0 Å². The van der Waals surface area contributed by atoms with Crippen LogP contribution in [0.3, 0.4) is 0 Å². The van der Waals surface area contributed by atoms with E-state index in [1.807, 2.05) is 47.6 Å². The van der Waals surface area contributed by atoms with Crippen LogP contribution < -0.4 is 5.43 Å². The van der Waals surface area contributed by atoms with E-state index in [0.29, 0.717) is 35.5 Å². The van der Waals surface area contributed by atoms with E-state index in [1.165, 1.54) is 0 Å². The third kappa shape index (κ3) is 7.67. The minimum absolute atomic E-state index is 0.0176. The first kappa shape index (κ1) is 32.4. The molecule has 0 N–H and O–H groups in total. The van der Waals surface area contributed by atoms with Gasteiger partial charge in [-0.15, -0.1) is 6.58 Å². The average Bonchev–Trinajstić information content (AvgIpc) is 2.77. The van der Waals surface area contributed by atoms with Gasteiger partial charge in [0, 0.05) is 41.7 Å². The molecule has 0 aliphatic carbocycles. The Morgan fingerprint density at radius 3 is 2.06 bits per heavy atom. The second-order valence-electron chi connectivity index (χ2n) is 12.5. The van der Waals surface area contributed by atoms with Gasteiger partial charge in [0.15, 0.2) is 13.7 Å². The van der Waals surface area contributed by atoms with Gasteiger partial charge in [-0.05, 0) is 37.9 Å². The Kier molecular flexibility index (Phi) is 11.4. The van der Waals surface area contributed by atoms with Gasteiger partial charge in [0.1, 0.15) is 17.6 Å². The Balaban J connectivity index is 3.67. The molecule has 0 unspecified atom stereocenters. The van der Waals surface area contributed by atoms with Crippen molar-refractivity contribution in [3.8, 4) is 0 Å². The highest BCUT2D eigenvalue weighted by Crippen LogP contribution is 2.42. The molecule has 0 saturated carbocycles. The third-order valence-corrected chi connectivity index (χ3v) is 12.4. The molecule has 1 heterocycles. The molecule has 0 bridgehead atoms. The summed E-state index contributed by atoms with van der Waals surface area (Å²) in [5.74, 6) is 0.946. The van der Waals surface area contributed by atoms with E-state index in [2.05, 4.69) is 54.3 Å². The minimum atomic E-state index is -2.23. The van der Waals surface area contributed by atoms with Gasteiger partial charge in [-0.1, -0.05) is 68.4 Å². The van der Waals surface area contributed by atoms with E-state index in [4.69, 9.17) is 13.6 Å². The number of rotatable bonds is 12. The zero-order valence-corrected chi connectivity index (χ0v) is 26.2. The molecule has 6 heteroatoms.